The van der Waals surface area contributed by atoms with Gasteiger partial charge in [0.1, 0.15) is 11.9 Å². The quantitative estimate of drug-likeness (QED) is 0.685. The van der Waals surface area contributed by atoms with Gasteiger partial charge in [0.2, 0.25) is 0 Å². The second-order valence-corrected chi connectivity index (χ2v) is 4.15. The number of benzene rings is 1. The van der Waals surface area contributed by atoms with Crippen molar-refractivity contribution >= 4 is 11.8 Å². The number of alkyl halides is 1. The molecule has 1 unspecified atom stereocenters. The van der Waals surface area contributed by atoms with Crippen molar-refractivity contribution in [2.75, 3.05) is 12.9 Å². The van der Waals surface area contributed by atoms with E-state index in [1.807, 2.05) is 18.2 Å². The molecule has 1 aromatic rings. The zero-order chi connectivity index (χ0) is 9.26. The second kappa shape index (κ2) is 3.58. The molecule has 13 heavy (non-hydrogen) atoms. The van der Waals surface area contributed by atoms with E-state index in [1.54, 1.807) is 18.9 Å². The van der Waals surface area contributed by atoms with Gasteiger partial charge < -0.3 is 4.74 Å². The minimum absolute atomic E-state index is 0.629. The summed E-state index contributed by atoms with van der Waals surface area (Å²) < 4.78 is 18.4. The largest absolute Gasteiger partial charge is 0.497 e. The van der Waals surface area contributed by atoms with Crippen LogP contribution in [0.4, 0.5) is 4.39 Å². The summed E-state index contributed by atoms with van der Waals surface area (Å²) in [5.41, 5.74) is 0.817. The Hall–Kier alpha value is -0.700. The lowest BCUT2D eigenvalue weighted by Gasteiger charge is -2.19. The molecule has 3 heteroatoms. The predicted octanol–water partition coefficient (Wildman–Crippen LogP) is 3.20. The summed E-state index contributed by atoms with van der Waals surface area (Å²) in [5.74, 6) is 1.67. The van der Waals surface area contributed by atoms with E-state index < -0.39 is 6.17 Å². The Morgan fingerprint density at radius 2 is 2.38 bits per heavy atom. The molecule has 0 N–H and O–H groups in total. The van der Waals surface area contributed by atoms with E-state index in [4.69, 9.17) is 4.74 Å². The molecule has 0 saturated carbocycles. The normalized spacial score (nSPS) is 20.9. The van der Waals surface area contributed by atoms with Crippen LogP contribution >= 0.6 is 11.8 Å². The molecule has 0 radical (unpaired) electrons. The smallest absolute Gasteiger partial charge is 0.127 e. The molecule has 1 aliphatic heterocycles. The first-order chi connectivity index (χ1) is 6.31. The Bertz CT molecular complexity index is 314. The number of ether oxygens (including phenoxy) is 1. The maximum absolute atomic E-state index is 13.4. The summed E-state index contributed by atoms with van der Waals surface area (Å²) in [4.78, 5) is 1.03. The van der Waals surface area contributed by atoms with E-state index in [9.17, 15) is 4.39 Å². The fourth-order valence-electron chi connectivity index (χ4n) is 1.45. The number of hydrogen-bond donors (Lipinski definition) is 0. The first kappa shape index (κ1) is 8.88. The van der Waals surface area contributed by atoms with Crippen molar-refractivity contribution in [3.05, 3.63) is 23.8 Å². The highest BCUT2D eigenvalue weighted by Gasteiger charge is 2.19. The molecule has 2 rings (SSSR count). The Morgan fingerprint density at radius 3 is 3.15 bits per heavy atom. The average Bonchev–Trinajstić information content (AvgIpc) is 2.18. The number of halogens is 1. The van der Waals surface area contributed by atoms with Crippen LogP contribution in [0.2, 0.25) is 0 Å². The highest BCUT2D eigenvalue weighted by atomic mass is 32.2. The van der Waals surface area contributed by atoms with Crippen LogP contribution in [-0.2, 0) is 0 Å². The van der Waals surface area contributed by atoms with Crippen molar-refractivity contribution in [1.82, 2.24) is 0 Å². The van der Waals surface area contributed by atoms with Crippen LogP contribution in [0, 0.1) is 0 Å². The fourth-order valence-corrected chi connectivity index (χ4v) is 2.56. The van der Waals surface area contributed by atoms with E-state index in [-0.39, 0.29) is 0 Å². The molecule has 0 amide bonds. The summed E-state index contributed by atoms with van der Waals surface area (Å²) in [6.45, 7) is 0. The number of thioether (sulfide) groups is 1. The Balaban J connectivity index is 2.39. The van der Waals surface area contributed by atoms with Crippen LogP contribution in [0.3, 0.4) is 0 Å². The number of methoxy groups -OCH3 is 1. The monoisotopic (exact) mass is 198 g/mol. The molecule has 1 aromatic carbocycles. The molecule has 1 heterocycles. The summed E-state index contributed by atoms with van der Waals surface area (Å²) in [5, 5.41) is 0. The summed E-state index contributed by atoms with van der Waals surface area (Å²) in [6.07, 6.45) is -0.161. The Labute approximate surface area is 81.3 Å². The van der Waals surface area contributed by atoms with Crippen molar-refractivity contribution in [1.29, 1.82) is 0 Å². The number of fused-ring (bicyclic) bond motifs is 1. The molecular formula is C10H11FOS. The lowest BCUT2D eigenvalue weighted by molar-refractivity contribution is 0.328. The van der Waals surface area contributed by atoms with Crippen molar-refractivity contribution in [2.24, 2.45) is 0 Å². The van der Waals surface area contributed by atoms with Crippen LogP contribution in [-0.4, -0.2) is 12.9 Å². The zero-order valence-electron chi connectivity index (χ0n) is 7.42. The van der Waals surface area contributed by atoms with Gasteiger partial charge in [-0.2, -0.15) is 0 Å². The van der Waals surface area contributed by atoms with Crippen LogP contribution in [0.1, 0.15) is 18.2 Å². The Morgan fingerprint density at radius 1 is 1.54 bits per heavy atom. The predicted molar refractivity (Wildman–Crippen MR) is 52.2 cm³/mol. The number of hydrogen-bond acceptors (Lipinski definition) is 2. The standard InChI is InChI=1S/C10H11FOS/c1-12-7-2-3-8-9(11)4-5-13-10(8)6-7/h2-3,6,9H,4-5H2,1H3. The molecule has 1 atom stereocenters. The first-order valence-electron chi connectivity index (χ1n) is 4.26. The van der Waals surface area contributed by atoms with Gasteiger partial charge in [-0.05, 0) is 24.1 Å². The number of rotatable bonds is 1. The molecule has 0 bridgehead atoms. The van der Waals surface area contributed by atoms with Crippen molar-refractivity contribution in [3.8, 4) is 5.75 Å². The SMILES string of the molecule is COc1ccc2c(c1)SCCC2F. The van der Waals surface area contributed by atoms with E-state index >= 15 is 0 Å². The first-order valence-corrected chi connectivity index (χ1v) is 5.24. The average molecular weight is 198 g/mol. The van der Waals surface area contributed by atoms with Gasteiger partial charge >= 0.3 is 0 Å². The zero-order valence-corrected chi connectivity index (χ0v) is 8.23. The molecule has 0 spiro atoms. The topological polar surface area (TPSA) is 9.23 Å². The van der Waals surface area contributed by atoms with Gasteiger partial charge in [0.05, 0.1) is 7.11 Å². The molecule has 0 saturated heterocycles. The lowest BCUT2D eigenvalue weighted by atomic mass is 10.1. The molecule has 1 aliphatic rings. The van der Waals surface area contributed by atoms with Gasteiger partial charge in [0.15, 0.2) is 0 Å². The van der Waals surface area contributed by atoms with E-state index in [0.29, 0.717) is 6.42 Å². The van der Waals surface area contributed by atoms with Gasteiger partial charge in [-0.25, -0.2) is 4.39 Å². The third-order valence-corrected chi connectivity index (χ3v) is 3.29. The van der Waals surface area contributed by atoms with E-state index in [0.717, 1.165) is 22.0 Å². The third-order valence-electron chi connectivity index (χ3n) is 2.19. The maximum atomic E-state index is 13.4. The molecule has 0 aliphatic carbocycles. The van der Waals surface area contributed by atoms with Gasteiger partial charge in [0, 0.05) is 10.6 Å². The Kier molecular flexibility index (Phi) is 2.44. The van der Waals surface area contributed by atoms with Gasteiger partial charge in [-0.1, -0.05) is 6.07 Å². The van der Waals surface area contributed by atoms with Crippen LogP contribution in [0.5, 0.6) is 5.75 Å². The maximum Gasteiger partial charge on any atom is 0.127 e. The van der Waals surface area contributed by atoms with Crippen LogP contribution in [0.15, 0.2) is 23.1 Å². The fraction of sp³-hybridized carbons (Fsp3) is 0.400. The highest BCUT2D eigenvalue weighted by Crippen LogP contribution is 2.39. The van der Waals surface area contributed by atoms with Gasteiger partial charge in [-0.3, -0.25) is 0 Å². The molecule has 0 aromatic heterocycles. The van der Waals surface area contributed by atoms with E-state index in [2.05, 4.69) is 0 Å². The second-order valence-electron chi connectivity index (χ2n) is 3.01. The summed E-state index contributed by atoms with van der Waals surface area (Å²) >= 11 is 1.70. The summed E-state index contributed by atoms with van der Waals surface area (Å²) in [6, 6.07) is 5.55. The molecular weight excluding hydrogens is 187 g/mol. The molecule has 1 nitrogen and oxygen atoms in total. The lowest BCUT2D eigenvalue weighted by Crippen LogP contribution is -2.02. The van der Waals surface area contributed by atoms with Crippen molar-refractivity contribution < 1.29 is 9.13 Å². The highest BCUT2D eigenvalue weighted by molar-refractivity contribution is 7.99. The minimum atomic E-state index is -0.790. The molecule has 0 fully saturated rings. The third kappa shape index (κ3) is 1.66. The van der Waals surface area contributed by atoms with Gasteiger partial charge in [-0.15, -0.1) is 11.8 Å². The van der Waals surface area contributed by atoms with Crippen LogP contribution in [0.25, 0.3) is 0 Å². The minimum Gasteiger partial charge on any atom is -0.497 e. The van der Waals surface area contributed by atoms with Crippen LogP contribution < -0.4 is 4.74 Å². The molecule has 70 valence electrons. The summed E-state index contributed by atoms with van der Waals surface area (Å²) in [7, 11) is 1.63. The van der Waals surface area contributed by atoms with Crippen molar-refractivity contribution in [2.45, 2.75) is 17.5 Å². The van der Waals surface area contributed by atoms with Gasteiger partial charge in [0.25, 0.3) is 0 Å². The van der Waals surface area contributed by atoms with Crippen molar-refractivity contribution in [3.63, 3.8) is 0 Å². The van der Waals surface area contributed by atoms with E-state index in [1.165, 1.54) is 0 Å².